The lowest BCUT2D eigenvalue weighted by Gasteiger charge is -2.32. The molecule has 110 valence electrons. The van der Waals surface area contributed by atoms with Gasteiger partial charge < -0.3 is 14.6 Å². The van der Waals surface area contributed by atoms with Gasteiger partial charge in [-0.15, -0.1) is 0 Å². The zero-order valence-corrected chi connectivity index (χ0v) is 12.3. The third-order valence-electron chi connectivity index (χ3n) is 3.75. The van der Waals surface area contributed by atoms with Gasteiger partial charge in [-0.3, -0.25) is 4.79 Å². The third kappa shape index (κ3) is 4.23. The van der Waals surface area contributed by atoms with E-state index in [2.05, 4.69) is 19.2 Å². The summed E-state index contributed by atoms with van der Waals surface area (Å²) in [5, 5.41) is 3.36. The van der Waals surface area contributed by atoms with Gasteiger partial charge in [-0.05, 0) is 63.9 Å². The van der Waals surface area contributed by atoms with Crippen LogP contribution in [0, 0.1) is 5.92 Å². The van der Waals surface area contributed by atoms with Gasteiger partial charge in [-0.25, -0.2) is 0 Å². The van der Waals surface area contributed by atoms with Gasteiger partial charge in [-0.1, -0.05) is 0 Å². The molecule has 1 aromatic rings. The minimum atomic E-state index is 0.0648. The van der Waals surface area contributed by atoms with Crippen LogP contribution in [0.1, 0.15) is 32.4 Å². The van der Waals surface area contributed by atoms with E-state index in [1.165, 1.54) is 0 Å². The standard InChI is InChI=1S/C16H24N2O2/c1-13(2)18(12-14-7-9-17-10-8-14)16(19)6-5-15-4-3-11-20-15/h3-6,11,13-14,17H,7-10,12H2,1-2H3. The number of carbonyl (C=O) groups is 1. The van der Waals surface area contributed by atoms with Crippen LogP contribution in [-0.4, -0.2) is 36.5 Å². The van der Waals surface area contributed by atoms with Gasteiger partial charge in [0.25, 0.3) is 0 Å². The van der Waals surface area contributed by atoms with E-state index in [4.69, 9.17) is 4.42 Å². The van der Waals surface area contributed by atoms with E-state index in [-0.39, 0.29) is 11.9 Å². The highest BCUT2D eigenvalue weighted by Crippen LogP contribution is 2.16. The maximum Gasteiger partial charge on any atom is 0.246 e. The Labute approximate surface area is 120 Å². The van der Waals surface area contributed by atoms with Crippen molar-refractivity contribution in [2.75, 3.05) is 19.6 Å². The summed E-state index contributed by atoms with van der Waals surface area (Å²) in [4.78, 5) is 14.3. The lowest BCUT2D eigenvalue weighted by Crippen LogP contribution is -2.42. The van der Waals surface area contributed by atoms with E-state index in [0.717, 1.165) is 32.5 Å². The Kier molecular flexibility index (Phi) is 5.41. The van der Waals surface area contributed by atoms with Crippen molar-refractivity contribution in [2.45, 2.75) is 32.7 Å². The van der Waals surface area contributed by atoms with Crippen molar-refractivity contribution in [3.63, 3.8) is 0 Å². The molecule has 0 atom stereocenters. The summed E-state index contributed by atoms with van der Waals surface area (Å²) in [5.41, 5.74) is 0. The lowest BCUT2D eigenvalue weighted by atomic mass is 9.97. The fourth-order valence-corrected chi connectivity index (χ4v) is 2.53. The number of amides is 1. The summed E-state index contributed by atoms with van der Waals surface area (Å²) in [7, 11) is 0. The fourth-order valence-electron chi connectivity index (χ4n) is 2.53. The van der Waals surface area contributed by atoms with Crippen LogP contribution in [-0.2, 0) is 4.79 Å². The second-order valence-corrected chi connectivity index (χ2v) is 5.63. The van der Waals surface area contributed by atoms with Crippen molar-refractivity contribution in [3.8, 4) is 0 Å². The van der Waals surface area contributed by atoms with Crippen molar-refractivity contribution < 1.29 is 9.21 Å². The fraction of sp³-hybridized carbons (Fsp3) is 0.562. The van der Waals surface area contributed by atoms with Crippen molar-refractivity contribution in [1.29, 1.82) is 0 Å². The highest BCUT2D eigenvalue weighted by molar-refractivity contribution is 5.91. The van der Waals surface area contributed by atoms with Gasteiger partial charge in [0.1, 0.15) is 5.76 Å². The zero-order valence-electron chi connectivity index (χ0n) is 12.3. The summed E-state index contributed by atoms with van der Waals surface area (Å²) in [6.07, 6.45) is 7.26. The molecule has 0 unspecified atom stereocenters. The molecule has 0 saturated carbocycles. The number of piperidine rings is 1. The smallest absolute Gasteiger partial charge is 0.246 e. The summed E-state index contributed by atoms with van der Waals surface area (Å²) < 4.78 is 5.21. The molecule has 2 rings (SSSR count). The van der Waals surface area contributed by atoms with Gasteiger partial charge in [0.15, 0.2) is 0 Å². The van der Waals surface area contributed by atoms with Crippen LogP contribution in [0.2, 0.25) is 0 Å². The molecule has 1 aromatic heterocycles. The molecular formula is C16H24N2O2. The maximum atomic E-state index is 12.3. The highest BCUT2D eigenvalue weighted by atomic mass is 16.3. The van der Waals surface area contributed by atoms with Crippen molar-refractivity contribution >= 4 is 12.0 Å². The summed E-state index contributed by atoms with van der Waals surface area (Å²) in [5.74, 6) is 1.39. The average molecular weight is 276 g/mol. The molecule has 4 heteroatoms. The van der Waals surface area contributed by atoms with Crippen LogP contribution >= 0.6 is 0 Å². The molecule has 0 aromatic carbocycles. The Morgan fingerprint density at radius 3 is 2.85 bits per heavy atom. The van der Waals surface area contributed by atoms with Gasteiger partial charge in [-0.2, -0.15) is 0 Å². The van der Waals surface area contributed by atoms with E-state index in [0.29, 0.717) is 11.7 Å². The number of hydrogen-bond acceptors (Lipinski definition) is 3. The van der Waals surface area contributed by atoms with E-state index in [1.54, 1.807) is 18.4 Å². The van der Waals surface area contributed by atoms with Crippen molar-refractivity contribution in [1.82, 2.24) is 10.2 Å². The highest BCUT2D eigenvalue weighted by Gasteiger charge is 2.21. The van der Waals surface area contributed by atoms with Crippen LogP contribution in [0.15, 0.2) is 28.9 Å². The number of carbonyl (C=O) groups excluding carboxylic acids is 1. The number of nitrogens with one attached hydrogen (secondary N) is 1. The van der Waals surface area contributed by atoms with Crippen LogP contribution in [0.25, 0.3) is 6.08 Å². The average Bonchev–Trinajstić information content (AvgIpc) is 2.96. The van der Waals surface area contributed by atoms with Crippen LogP contribution < -0.4 is 5.32 Å². The quantitative estimate of drug-likeness (QED) is 0.841. The first-order valence-corrected chi connectivity index (χ1v) is 7.39. The molecule has 1 aliphatic rings. The SMILES string of the molecule is CC(C)N(CC1CCNCC1)C(=O)C=Cc1ccco1. The molecule has 0 spiro atoms. The van der Waals surface area contributed by atoms with E-state index >= 15 is 0 Å². The zero-order chi connectivity index (χ0) is 14.4. The summed E-state index contributed by atoms with van der Waals surface area (Å²) >= 11 is 0. The monoisotopic (exact) mass is 276 g/mol. The Balaban J connectivity index is 1.94. The van der Waals surface area contributed by atoms with Crippen LogP contribution in [0.4, 0.5) is 0 Å². The predicted molar refractivity (Wildman–Crippen MR) is 80.2 cm³/mol. The molecule has 0 radical (unpaired) electrons. The Hall–Kier alpha value is -1.55. The second-order valence-electron chi connectivity index (χ2n) is 5.63. The minimum Gasteiger partial charge on any atom is -0.465 e. The molecule has 1 fully saturated rings. The molecule has 0 bridgehead atoms. The molecule has 2 heterocycles. The molecule has 1 amide bonds. The molecule has 4 nitrogen and oxygen atoms in total. The second kappa shape index (κ2) is 7.29. The summed E-state index contributed by atoms with van der Waals surface area (Å²) in [6, 6.07) is 3.88. The van der Waals surface area contributed by atoms with E-state index in [1.807, 2.05) is 17.0 Å². The lowest BCUT2D eigenvalue weighted by molar-refractivity contribution is -0.128. The molecule has 1 saturated heterocycles. The van der Waals surface area contributed by atoms with Crippen LogP contribution in [0.5, 0.6) is 0 Å². The summed E-state index contributed by atoms with van der Waals surface area (Å²) in [6.45, 7) is 7.11. The predicted octanol–water partition coefficient (Wildman–Crippen LogP) is 2.53. The Morgan fingerprint density at radius 1 is 1.50 bits per heavy atom. The van der Waals surface area contributed by atoms with E-state index < -0.39 is 0 Å². The number of nitrogens with zero attached hydrogens (tertiary/aromatic N) is 1. The van der Waals surface area contributed by atoms with Crippen LogP contribution in [0.3, 0.4) is 0 Å². The van der Waals surface area contributed by atoms with Crippen molar-refractivity contribution in [2.24, 2.45) is 5.92 Å². The Morgan fingerprint density at radius 2 is 2.25 bits per heavy atom. The Bertz CT molecular complexity index is 431. The first-order chi connectivity index (χ1) is 9.66. The third-order valence-corrected chi connectivity index (χ3v) is 3.75. The topological polar surface area (TPSA) is 45.5 Å². The van der Waals surface area contributed by atoms with Gasteiger partial charge in [0, 0.05) is 18.7 Å². The van der Waals surface area contributed by atoms with Gasteiger partial charge in [0.2, 0.25) is 5.91 Å². The molecule has 1 aliphatic heterocycles. The molecule has 0 aliphatic carbocycles. The first kappa shape index (κ1) is 14.9. The normalized spacial score (nSPS) is 16.9. The molecular weight excluding hydrogens is 252 g/mol. The molecule has 1 N–H and O–H groups in total. The number of rotatable bonds is 5. The number of furan rings is 1. The van der Waals surface area contributed by atoms with Gasteiger partial charge >= 0.3 is 0 Å². The molecule has 20 heavy (non-hydrogen) atoms. The minimum absolute atomic E-state index is 0.0648. The largest absolute Gasteiger partial charge is 0.465 e. The first-order valence-electron chi connectivity index (χ1n) is 7.39. The van der Waals surface area contributed by atoms with Gasteiger partial charge in [0.05, 0.1) is 6.26 Å². The number of hydrogen-bond donors (Lipinski definition) is 1. The van der Waals surface area contributed by atoms with Crippen molar-refractivity contribution in [3.05, 3.63) is 30.2 Å². The van der Waals surface area contributed by atoms with E-state index in [9.17, 15) is 4.79 Å². The maximum absolute atomic E-state index is 12.3.